The normalized spacial score (nSPS) is 45.0. The Labute approximate surface area is 85.6 Å². The summed E-state index contributed by atoms with van der Waals surface area (Å²) in [5.41, 5.74) is -0.949. The van der Waals surface area contributed by atoms with E-state index in [1.807, 2.05) is 0 Å². The first-order chi connectivity index (χ1) is 6.70. The Bertz CT molecular complexity index is 188. The van der Waals surface area contributed by atoms with Gasteiger partial charge in [0.05, 0.1) is 0 Å². The molecule has 2 nitrogen and oxygen atoms in total. The minimum Gasteiger partial charge on any atom is -0.316 e. The van der Waals surface area contributed by atoms with Crippen molar-refractivity contribution in [2.24, 2.45) is 11.8 Å². The fourth-order valence-electron chi connectivity index (χ4n) is 2.87. The molecule has 0 saturated carbocycles. The number of piperidine rings is 2. The highest BCUT2D eigenvalue weighted by Crippen LogP contribution is 2.36. The van der Waals surface area contributed by atoms with Crippen LogP contribution in [0.3, 0.4) is 0 Å². The van der Waals surface area contributed by atoms with E-state index < -0.39 is 5.67 Å². The highest BCUT2D eigenvalue weighted by Gasteiger charge is 2.41. The van der Waals surface area contributed by atoms with Gasteiger partial charge in [0, 0.05) is 12.5 Å². The van der Waals surface area contributed by atoms with Crippen molar-refractivity contribution in [3.8, 4) is 0 Å². The zero-order valence-electron chi connectivity index (χ0n) is 8.98. The molecule has 3 atom stereocenters. The molecule has 2 N–H and O–H groups in total. The largest absolute Gasteiger partial charge is 0.316 e. The number of halogens is 1. The molecule has 2 aliphatic rings. The first kappa shape index (κ1) is 10.4. The smallest absolute Gasteiger partial charge is 0.113 e. The summed E-state index contributed by atoms with van der Waals surface area (Å²) in [6.07, 6.45) is 3.07. The first-order valence-electron chi connectivity index (χ1n) is 5.80. The quantitative estimate of drug-likeness (QED) is 0.667. The zero-order valence-corrected chi connectivity index (χ0v) is 8.98. The molecule has 3 unspecified atom stereocenters. The maximum Gasteiger partial charge on any atom is 0.113 e. The standard InChI is InChI=1S/C11H21FN2/c1-11(12)4-6-14-8-10(11)9-3-2-5-13-7-9/h9-10,13-14H,2-8H2,1H3. The predicted octanol–water partition coefficient (Wildman–Crippen LogP) is 1.32. The van der Waals surface area contributed by atoms with Crippen LogP contribution in [-0.2, 0) is 0 Å². The number of hydrogen-bond acceptors (Lipinski definition) is 2. The number of nitrogens with one attached hydrogen (secondary N) is 2. The molecular formula is C11H21FN2. The van der Waals surface area contributed by atoms with Crippen LogP contribution in [0.5, 0.6) is 0 Å². The van der Waals surface area contributed by atoms with Crippen molar-refractivity contribution in [3.63, 3.8) is 0 Å². The average Bonchev–Trinajstić information content (AvgIpc) is 2.18. The summed E-state index contributed by atoms with van der Waals surface area (Å²) in [6, 6.07) is 0. The summed E-state index contributed by atoms with van der Waals surface area (Å²) in [5, 5.41) is 6.70. The van der Waals surface area contributed by atoms with Gasteiger partial charge < -0.3 is 10.6 Å². The zero-order chi connectivity index (χ0) is 10.0. The lowest BCUT2D eigenvalue weighted by atomic mass is 9.74. The lowest BCUT2D eigenvalue weighted by molar-refractivity contribution is 0.0231. The topological polar surface area (TPSA) is 24.1 Å². The molecule has 0 aromatic rings. The predicted molar refractivity (Wildman–Crippen MR) is 56.1 cm³/mol. The Morgan fingerprint density at radius 2 is 2.00 bits per heavy atom. The summed E-state index contributed by atoms with van der Waals surface area (Å²) >= 11 is 0. The second-order valence-electron chi connectivity index (χ2n) is 4.95. The van der Waals surface area contributed by atoms with Crippen LogP contribution in [0.25, 0.3) is 0 Å². The van der Waals surface area contributed by atoms with E-state index >= 15 is 0 Å². The minimum absolute atomic E-state index is 0.212. The Balaban J connectivity index is 1.99. The summed E-state index contributed by atoms with van der Waals surface area (Å²) in [4.78, 5) is 0. The third kappa shape index (κ3) is 2.09. The maximum atomic E-state index is 14.3. The lowest BCUT2D eigenvalue weighted by Gasteiger charge is -2.41. The van der Waals surface area contributed by atoms with Gasteiger partial charge in [-0.1, -0.05) is 0 Å². The molecule has 2 heterocycles. The molecule has 0 bridgehead atoms. The number of hydrogen-bond donors (Lipinski definition) is 2. The molecule has 0 radical (unpaired) electrons. The van der Waals surface area contributed by atoms with Gasteiger partial charge in [-0.25, -0.2) is 4.39 Å². The summed E-state index contributed by atoms with van der Waals surface area (Å²) in [7, 11) is 0. The molecule has 2 rings (SSSR count). The average molecular weight is 200 g/mol. The van der Waals surface area contributed by atoms with E-state index in [0.717, 1.165) is 26.2 Å². The molecule has 0 amide bonds. The van der Waals surface area contributed by atoms with Crippen molar-refractivity contribution >= 4 is 0 Å². The third-order valence-electron chi connectivity index (χ3n) is 3.83. The van der Waals surface area contributed by atoms with Gasteiger partial charge >= 0.3 is 0 Å². The van der Waals surface area contributed by atoms with Crippen LogP contribution in [0.4, 0.5) is 4.39 Å². The fourth-order valence-corrected chi connectivity index (χ4v) is 2.87. The van der Waals surface area contributed by atoms with Crippen LogP contribution in [0.15, 0.2) is 0 Å². The summed E-state index contributed by atoms with van der Waals surface area (Å²) < 4.78 is 14.3. The van der Waals surface area contributed by atoms with Gasteiger partial charge in [-0.15, -0.1) is 0 Å². The Morgan fingerprint density at radius 1 is 1.21 bits per heavy atom. The van der Waals surface area contributed by atoms with E-state index in [0.29, 0.717) is 12.3 Å². The third-order valence-corrected chi connectivity index (χ3v) is 3.83. The van der Waals surface area contributed by atoms with Crippen LogP contribution in [0, 0.1) is 11.8 Å². The first-order valence-corrected chi connectivity index (χ1v) is 5.80. The van der Waals surface area contributed by atoms with E-state index in [1.165, 1.54) is 12.8 Å². The molecule has 82 valence electrons. The van der Waals surface area contributed by atoms with Crippen LogP contribution >= 0.6 is 0 Å². The van der Waals surface area contributed by atoms with Crippen LogP contribution < -0.4 is 10.6 Å². The van der Waals surface area contributed by atoms with E-state index in [2.05, 4.69) is 10.6 Å². The Kier molecular flexibility index (Phi) is 3.07. The SMILES string of the molecule is CC1(F)CCNCC1C1CCCNC1. The summed E-state index contributed by atoms with van der Waals surface area (Å²) in [5.74, 6) is 0.746. The van der Waals surface area contributed by atoms with Crippen molar-refractivity contribution in [1.29, 1.82) is 0 Å². The number of rotatable bonds is 1. The molecule has 3 heteroatoms. The van der Waals surface area contributed by atoms with E-state index in [-0.39, 0.29) is 5.92 Å². The van der Waals surface area contributed by atoms with Crippen LogP contribution in [0.2, 0.25) is 0 Å². The van der Waals surface area contributed by atoms with E-state index in [9.17, 15) is 4.39 Å². The molecule has 0 aromatic heterocycles. The molecule has 2 saturated heterocycles. The highest BCUT2D eigenvalue weighted by molar-refractivity contribution is 4.94. The van der Waals surface area contributed by atoms with Crippen LogP contribution in [-0.4, -0.2) is 31.8 Å². The monoisotopic (exact) mass is 200 g/mol. The van der Waals surface area contributed by atoms with Crippen molar-refractivity contribution in [1.82, 2.24) is 10.6 Å². The molecular weight excluding hydrogens is 179 g/mol. The van der Waals surface area contributed by atoms with E-state index in [1.54, 1.807) is 6.92 Å². The van der Waals surface area contributed by atoms with E-state index in [4.69, 9.17) is 0 Å². The van der Waals surface area contributed by atoms with Gasteiger partial charge in [-0.2, -0.15) is 0 Å². The lowest BCUT2D eigenvalue weighted by Crippen LogP contribution is -2.51. The van der Waals surface area contributed by atoms with Gasteiger partial charge in [0.1, 0.15) is 5.67 Å². The van der Waals surface area contributed by atoms with Gasteiger partial charge in [0.25, 0.3) is 0 Å². The Morgan fingerprint density at radius 3 is 2.64 bits per heavy atom. The van der Waals surface area contributed by atoms with Gasteiger partial charge in [-0.3, -0.25) is 0 Å². The van der Waals surface area contributed by atoms with Gasteiger partial charge in [0.15, 0.2) is 0 Å². The fraction of sp³-hybridized carbons (Fsp3) is 1.00. The molecule has 0 aromatic carbocycles. The van der Waals surface area contributed by atoms with Gasteiger partial charge in [-0.05, 0) is 51.7 Å². The molecule has 2 fully saturated rings. The molecule has 14 heavy (non-hydrogen) atoms. The molecule has 0 aliphatic carbocycles. The second kappa shape index (κ2) is 4.15. The van der Waals surface area contributed by atoms with Crippen molar-refractivity contribution in [2.75, 3.05) is 26.2 Å². The van der Waals surface area contributed by atoms with Crippen LogP contribution in [0.1, 0.15) is 26.2 Å². The van der Waals surface area contributed by atoms with Crippen molar-refractivity contribution < 1.29 is 4.39 Å². The highest BCUT2D eigenvalue weighted by atomic mass is 19.1. The number of alkyl halides is 1. The second-order valence-corrected chi connectivity index (χ2v) is 4.95. The Hall–Kier alpha value is -0.150. The maximum absolute atomic E-state index is 14.3. The van der Waals surface area contributed by atoms with Gasteiger partial charge in [0.2, 0.25) is 0 Å². The molecule has 2 aliphatic heterocycles. The molecule has 0 spiro atoms. The minimum atomic E-state index is -0.949. The van der Waals surface area contributed by atoms with Crippen molar-refractivity contribution in [3.05, 3.63) is 0 Å². The van der Waals surface area contributed by atoms with Crippen molar-refractivity contribution in [2.45, 2.75) is 31.9 Å². The summed E-state index contributed by atoms with van der Waals surface area (Å²) in [6.45, 7) is 5.60.